The van der Waals surface area contributed by atoms with Gasteiger partial charge in [0.05, 0.1) is 23.0 Å². The first kappa shape index (κ1) is 15.6. The zero-order valence-electron chi connectivity index (χ0n) is 14.0. The molecule has 3 heterocycles. The van der Waals surface area contributed by atoms with Crippen molar-refractivity contribution in [3.05, 3.63) is 44.9 Å². The molecule has 126 valence electrons. The number of ether oxygens (including phenoxy) is 1. The Balaban J connectivity index is 1.31. The summed E-state index contributed by atoms with van der Waals surface area (Å²) < 4.78 is 5.56. The topological polar surface area (TPSA) is 55.7 Å². The molecule has 0 spiro atoms. The van der Waals surface area contributed by atoms with Crippen LogP contribution < -0.4 is 10.1 Å². The maximum atomic E-state index is 5.59. The van der Waals surface area contributed by atoms with Crippen LogP contribution in [-0.2, 0) is 17.8 Å². The van der Waals surface area contributed by atoms with Crippen LogP contribution in [0.15, 0.2) is 23.4 Å². The van der Waals surface area contributed by atoms with E-state index >= 15 is 0 Å². The first-order valence-electron chi connectivity index (χ1n) is 8.31. The molecule has 0 saturated heterocycles. The van der Waals surface area contributed by atoms with E-state index in [9.17, 15) is 0 Å². The van der Waals surface area contributed by atoms with E-state index in [1.54, 1.807) is 11.3 Å². The highest BCUT2D eigenvalue weighted by Crippen LogP contribution is 2.27. The lowest BCUT2D eigenvalue weighted by molar-refractivity contribution is 0.0848. The smallest absolute Gasteiger partial charge is 0.145 e. The minimum Gasteiger partial charge on any atom is -0.493 e. The van der Waals surface area contributed by atoms with Crippen LogP contribution in [0.4, 0.5) is 0 Å². The van der Waals surface area contributed by atoms with Crippen molar-refractivity contribution in [2.75, 3.05) is 13.2 Å². The summed E-state index contributed by atoms with van der Waals surface area (Å²) >= 11 is 1.74. The summed E-state index contributed by atoms with van der Waals surface area (Å²) in [6.45, 7) is 6.50. The van der Waals surface area contributed by atoms with Gasteiger partial charge >= 0.3 is 0 Å². The third-order valence-corrected chi connectivity index (χ3v) is 5.35. The molecule has 0 amide bonds. The van der Waals surface area contributed by atoms with Crippen molar-refractivity contribution in [1.82, 2.24) is 10.3 Å². The minimum atomic E-state index is 0.0875. The Morgan fingerprint density at radius 2 is 2.25 bits per heavy atom. The van der Waals surface area contributed by atoms with Crippen LogP contribution in [-0.4, -0.2) is 30.0 Å². The zero-order valence-corrected chi connectivity index (χ0v) is 14.8. The maximum Gasteiger partial charge on any atom is 0.145 e. The Morgan fingerprint density at radius 3 is 3.08 bits per heavy atom. The van der Waals surface area contributed by atoms with Gasteiger partial charge in [-0.1, -0.05) is 5.16 Å². The van der Waals surface area contributed by atoms with Gasteiger partial charge in [-0.2, -0.15) is 0 Å². The predicted molar refractivity (Wildman–Crippen MR) is 95.0 cm³/mol. The Labute approximate surface area is 145 Å². The van der Waals surface area contributed by atoms with Gasteiger partial charge in [0.15, 0.2) is 0 Å². The van der Waals surface area contributed by atoms with E-state index in [-0.39, 0.29) is 6.10 Å². The predicted octanol–water partition coefficient (Wildman–Crippen LogP) is 2.98. The van der Waals surface area contributed by atoms with Gasteiger partial charge in [-0.25, -0.2) is 4.98 Å². The number of nitrogens with one attached hydrogen (secondary N) is 1. The lowest BCUT2D eigenvalue weighted by atomic mass is 10.0. The molecule has 2 aliphatic rings. The third kappa shape index (κ3) is 3.16. The quantitative estimate of drug-likeness (QED) is 0.907. The molecule has 4 rings (SSSR count). The normalized spacial score (nSPS) is 18.9. The fourth-order valence-electron chi connectivity index (χ4n) is 3.16. The SMILES string of the molecule is Cc1nc(CNCC2CC(c3ccc4c(c3)CCO4)=NO2)c(C)s1. The van der Waals surface area contributed by atoms with Crippen molar-refractivity contribution in [2.24, 2.45) is 5.16 Å². The van der Waals surface area contributed by atoms with Crippen LogP contribution in [0, 0.1) is 13.8 Å². The molecule has 0 bridgehead atoms. The number of hydrogen-bond donors (Lipinski definition) is 1. The summed E-state index contributed by atoms with van der Waals surface area (Å²) in [4.78, 5) is 11.4. The van der Waals surface area contributed by atoms with E-state index < -0.39 is 0 Å². The average molecular weight is 343 g/mol. The molecule has 1 aromatic heterocycles. The largest absolute Gasteiger partial charge is 0.493 e. The lowest BCUT2D eigenvalue weighted by Crippen LogP contribution is -2.27. The minimum absolute atomic E-state index is 0.0875. The van der Waals surface area contributed by atoms with E-state index in [0.29, 0.717) is 0 Å². The monoisotopic (exact) mass is 343 g/mol. The Bertz CT molecular complexity index is 785. The van der Waals surface area contributed by atoms with Gasteiger partial charge in [-0.15, -0.1) is 11.3 Å². The number of aryl methyl sites for hydroxylation is 2. The molecular formula is C18H21N3O2S. The number of oxime groups is 1. The number of thiazole rings is 1. The van der Waals surface area contributed by atoms with Gasteiger partial charge in [0, 0.05) is 30.8 Å². The number of hydrogen-bond acceptors (Lipinski definition) is 6. The van der Waals surface area contributed by atoms with E-state index in [1.807, 2.05) is 13.0 Å². The van der Waals surface area contributed by atoms with Crippen molar-refractivity contribution < 1.29 is 9.57 Å². The van der Waals surface area contributed by atoms with Crippen molar-refractivity contribution >= 4 is 17.0 Å². The van der Waals surface area contributed by atoms with Gasteiger partial charge in [-0.3, -0.25) is 0 Å². The second-order valence-corrected chi connectivity index (χ2v) is 7.66. The third-order valence-electron chi connectivity index (χ3n) is 4.42. The molecular weight excluding hydrogens is 322 g/mol. The van der Waals surface area contributed by atoms with E-state index in [1.165, 1.54) is 10.4 Å². The van der Waals surface area contributed by atoms with Crippen molar-refractivity contribution in [3.8, 4) is 5.75 Å². The summed E-state index contributed by atoms with van der Waals surface area (Å²) in [5.74, 6) is 1.01. The van der Waals surface area contributed by atoms with Crippen LogP contribution in [0.25, 0.3) is 0 Å². The number of aromatic nitrogens is 1. The Hall–Kier alpha value is -1.92. The van der Waals surface area contributed by atoms with Crippen molar-refractivity contribution in [3.63, 3.8) is 0 Å². The van der Waals surface area contributed by atoms with E-state index in [0.717, 1.165) is 60.3 Å². The summed E-state index contributed by atoms with van der Waals surface area (Å²) in [6.07, 6.45) is 1.90. The molecule has 1 atom stereocenters. The van der Waals surface area contributed by atoms with Gasteiger partial charge in [0.2, 0.25) is 0 Å². The molecule has 0 fully saturated rings. The second kappa shape index (κ2) is 6.53. The fourth-order valence-corrected chi connectivity index (χ4v) is 4.00. The Morgan fingerprint density at radius 1 is 1.33 bits per heavy atom. The molecule has 1 unspecified atom stereocenters. The Kier molecular flexibility index (Phi) is 4.24. The molecule has 2 aliphatic heterocycles. The number of rotatable bonds is 5. The van der Waals surface area contributed by atoms with Crippen LogP contribution in [0.1, 0.15) is 33.1 Å². The maximum absolute atomic E-state index is 5.59. The second-order valence-electron chi connectivity index (χ2n) is 6.26. The van der Waals surface area contributed by atoms with Crippen molar-refractivity contribution in [1.29, 1.82) is 0 Å². The lowest BCUT2D eigenvalue weighted by Gasteiger charge is -2.09. The van der Waals surface area contributed by atoms with Gasteiger partial charge in [0.1, 0.15) is 11.9 Å². The molecule has 6 heteroatoms. The summed E-state index contributed by atoms with van der Waals surface area (Å²) in [5.41, 5.74) is 4.58. The summed E-state index contributed by atoms with van der Waals surface area (Å²) in [6, 6.07) is 6.30. The van der Waals surface area contributed by atoms with Gasteiger partial charge in [0.25, 0.3) is 0 Å². The molecule has 0 radical (unpaired) electrons. The van der Waals surface area contributed by atoms with Gasteiger partial charge < -0.3 is 14.9 Å². The molecule has 0 aliphatic carbocycles. The zero-order chi connectivity index (χ0) is 16.5. The number of nitrogens with zero attached hydrogens (tertiary/aromatic N) is 2. The standard InChI is InChI=1S/C18H21N3O2S/c1-11-17(20-12(2)24-11)10-19-9-15-8-16(21-23-15)13-3-4-18-14(7-13)5-6-22-18/h3-4,7,15,19H,5-6,8-10H2,1-2H3. The first-order valence-corrected chi connectivity index (χ1v) is 9.13. The highest BCUT2D eigenvalue weighted by Gasteiger charge is 2.23. The van der Waals surface area contributed by atoms with Crippen LogP contribution >= 0.6 is 11.3 Å². The van der Waals surface area contributed by atoms with Crippen molar-refractivity contribution in [2.45, 2.75) is 39.3 Å². The molecule has 0 saturated carbocycles. The fraction of sp³-hybridized carbons (Fsp3) is 0.444. The summed E-state index contributed by atoms with van der Waals surface area (Å²) in [5, 5.41) is 8.84. The molecule has 1 N–H and O–H groups in total. The summed E-state index contributed by atoms with van der Waals surface area (Å²) in [7, 11) is 0. The number of fused-ring (bicyclic) bond motifs is 1. The van der Waals surface area contributed by atoms with Crippen LogP contribution in [0.3, 0.4) is 0 Å². The van der Waals surface area contributed by atoms with Crippen LogP contribution in [0.2, 0.25) is 0 Å². The number of benzene rings is 1. The molecule has 1 aromatic carbocycles. The molecule has 2 aromatic rings. The average Bonchev–Trinajstić information content (AvgIpc) is 3.27. The highest BCUT2D eigenvalue weighted by molar-refractivity contribution is 7.11. The van der Waals surface area contributed by atoms with E-state index in [4.69, 9.17) is 9.57 Å². The van der Waals surface area contributed by atoms with Gasteiger partial charge in [-0.05, 0) is 43.2 Å². The first-order chi connectivity index (χ1) is 11.7. The van der Waals surface area contributed by atoms with Crippen LogP contribution in [0.5, 0.6) is 5.75 Å². The molecule has 24 heavy (non-hydrogen) atoms. The van der Waals surface area contributed by atoms with E-state index in [2.05, 4.69) is 34.5 Å². The highest BCUT2D eigenvalue weighted by atomic mass is 32.1. The molecule has 5 nitrogen and oxygen atoms in total.